The van der Waals surface area contributed by atoms with Gasteiger partial charge in [0, 0.05) is 35.5 Å². The number of thioether (sulfide) groups is 1. The van der Waals surface area contributed by atoms with Gasteiger partial charge in [-0.05, 0) is 44.0 Å². The molecule has 0 saturated carbocycles. The molecule has 2 aromatic carbocycles. The first-order valence-corrected chi connectivity index (χ1v) is 12.7. The van der Waals surface area contributed by atoms with Crippen LogP contribution in [-0.4, -0.2) is 50.7 Å². The average molecular weight is 433 g/mol. The van der Waals surface area contributed by atoms with Crippen LogP contribution < -0.4 is 10.2 Å². The van der Waals surface area contributed by atoms with Crippen molar-refractivity contribution in [1.29, 1.82) is 0 Å². The van der Waals surface area contributed by atoms with Gasteiger partial charge in [0.1, 0.15) is 0 Å². The molecule has 0 bridgehead atoms. The Morgan fingerprint density at radius 2 is 1.86 bits per heavy atom. The average Bonchev–Trinajstić information content (AvgIpc) is 3.07. The third-order valence-electron chi connectivity index (χ3n) is 5.01. The summed E-state index contributed by atoms with van der Waals surface area (Å²) in [5.41, 5.74) is 1.81. The molecule has 0 aromatic heterocycles. The van der Waals surface area contributed by atoms with Crippen molar-refractivity contribution >= 4 is 33.2 Å². The van der Waals surface area contributed by atoms with Crippen LogP contribution in [0.3, 0.4) is 0 Å². The van der Waals surface area contributed by atoms with Crippen LogP contribution >= 0.6 is 11.8 Å². The third kappa shape index (κ3) is 6.24. The zero-order valence-corrected chi connectivity index (χ0v) is 18.3. The molecule has 1 amide bonds. The number of nitrogens with one attached hydrogen (secondary N) is 1. The van der Waals surface area contributed by atoms with Crippen molar-refractivity contribution in [3.8, 4) is 0 Å². The van der Waals surface area contributed by atoms with Gasteiger partial charge in [-0.2, -0.15) is 0 Å². The van der Waals surface area contributed by atoms with Gasteiger partial charge in [0.15, 0.2) is 9.84 Å². The van der Waals surface area contributed by atoms with E-state index >= 15 is 0 Å². The highest BCUT2D eigenvalue weighted by atomic mass is 32.2. The van der Waals surface area contributed by atoms with Crippen LogP contribution in [-0.2, 0) is 9.84 Å². The monoisotopic (exact) mass is 432 g/mol. The highest BCUT2D eigenvalue weighted by Gasteiger charge is 2.29. The van der Waals surface area contributed by atoms with Crippen molar-refractivity contribution in [3.05, 3.63) is 60.2 Å². The first-order chi connectivity index (χ1) is 14.0. The maximum Gasteiger partial charge on any atom is 0.252 e. The summed E-state index contributed by atoms with van der Waals surface area (Å²) in [6, 6.07) is 17.7. The number of anilines is 1. The van der Waals surface area contributed by atoms with E-state index in [1.807, 2.05) is 42.5 Å². The summed E-state index contributed by atoms with van der Waals surface area (Å²) < 4.78 is 23.4. The zero-order chi connectivity index (χ0) is 20.7. The fraction of sp³-hybridized carbons (Fsp3) is 0.409. The Bertz CT molecular complexity index is 917. The first kappa shape index (κ1) is 21.7. The van der Waals surface area contributed by atoms with Gasteiger partial charge < -0.3 is 10.2 Å². The summed E-state index contributed by atoms with van der Waals surface area (Å²) in [5.74, 6) is 0.339. The minimum absolute atomic E-state index is 0.0259. The van der Waals surface area contributed by atoms with Crippen molar-refractivity contribution in [3.63, 3.8) is 0 Å². The minimum Gasteiger partial charge on any atom is -0.372 e. The Hall–Kier alpha value is -1.99. The Labute approximate surface area is 177 Å². The van der Waals surface area contributed by atoms with Crippen molar-refractivity contribution in [1.82, 2.24) is 5.32 Å². The summed E-state index contributed by atoms with van der Waals surface area (Å²) >= 11 is 1.51. The molecule has 29 heavy (non-hydrogen) atoms. The molecule has 3 rings (SSSR count). The largest absolute Gasteiger partial charge is 0.372 e. The molecule has 0 radical (unpaired) electrons. The molecule has 7 heteroatoms. The van der Waals surface area contributed by atoms with Crippen LogP contribution in [0, 0.1) is 0 Å². The molecule has 156 valence electrons. The standard InChI is InChI=1S/C22H28N2O3S2/c1-2-24(18-9-4-3-5-10-18)15-8-14-23-22(25)20-11-6-7-12-21(20)28-19-13-16-29(26,27)17-19/h3-7,9-12,19H,2,8,13-17H2,1H3,(H,23,25). The van der Waals surface area contributed by atoms with E-state index in [-0.39, 0.29) is 22.7 Å². The summed E-state index contributed by atoms with van der Waals surface area (Å²) in [6.45, 7) is 4.51. The highest BCUT2D eigenvalue weighted by molar-refractivity contribution is 8.02. The van der Waals surface area contributed by atoms with Crippen LogP contribution in [0.4, 0.5) is 5.69 Å². The number of carbonyl (C=O) groups is 1. The second-order valence-electron chi connectivity index (χ2n) is 7.16. The summed E-state index contributed by atoms with van der Waals surface area (Å²) in [6.07, 6.45) is 1.50. The van der Waals surface area contributed by atoms with Crippen LogP contribution in [0.25, 0.3) is 0 Å². The van der Waals surface area contributed by atoms with Gasteiger partial charge >= 0.3 is 0 Å². The SMILES string of the molecule is CCN(CCCNC(=O)c1ccccc1SC1CCS(=O)(=O)C1)c1ccccc1. The van der Waals surface area contributed by atoms with Crippen LogP contribution in [0.5, 0.6) is 0 Å². The minimum atomic E-state index is -2.93. The topological polar surface area (TPSA) is 66.5 Å². The molecule has 0 spiro atoms. The molecule has 1 atom stereocenters. The van der Waals surface area contributed by atoms with Crippen LogP contribution in [0.2, 0.25) is 0 Å². The molecule has 1 heterocycles. The molecule has 2 aromatic rings. The van der Waals surface area contributed by atoms with Crippen molar-refractivity contribution in [2.45, 2.75) is 29.9 Å². The molecular formula is C22H28N2O3S2. The van der Waals surface area contributed by atoms with Gasteiger partial charge in [-0.25, -0.2) is 8.42 Å². The number of hydrogen-bond donors (Lipinski definition) is 1. The Morgan fingerprint density at radius 3 is 2.55 bits per heavy atom. The van der Waals surface area contributed by atoms with Crippen molar-refractivity contribution in [2.75, 3.05) is 36.0 Å². The van der Waals surface area contributed by atoms with Gasteiger partial charge in [0.25, 0.3) is 5.91 Å². The molecule has 1 saturated heterocycles. The number of sulfone groups is 1. The fourth-order valence-corrected chi connectivity index (χ4v) is 7.09. The van der Waals surface area contributed by atoms with Gasteiger partial charge in [0.05, 0.1) is 17.1 Å². The van der Waals surface area contributed by atoms with Crippen molar-refractivity contribution in [2.24, 2.45) is 0 Å². The summed E-state index contributed by atoms with van der Waals surface area (Å²) in [4.78, 5) is 15.8. The van der Waals surface area contributed by atoms with Gasteiger partial charge in [0.2, 0.25) is 0 Å². The van der Waals surface area contributed by atoms with E-state index in [1.54, 1.807) is 0 Å². The van der Waals surface area contributed by atoms with Gasteiger partial charge in [-0.1, -0.05) is 30.3 Å². The van der Waals surface area contributed by atoms with Crippen molar-refractivity contribution < 1.29 is 13.2 Å². The van der Waals surface area contributed by atoms with E-state index in [2.05, 4.69) is 29.3 Å². The number of nitrogens with zero attached hydrogens (tertiary/aromatic N) is 1. The molecule has 1 N–H and O–H groups in total. The third-order valence-corrected chi connectivity index (χ3v) is 8.33. The molecule has 1 aliphatic heterocycles. The number of carbonyl (C=O) groups excluding carboxylic acids is 1. The highest BCUT2D eigenvalue weighted by Crippen LogP contribution is 2.33. The molecular weight excluding hydrogens is 404 g/mol. The fourth-order valence-electron chi connectivity index (χ4n) is 3.47. The normalized spacial score (nSPS) is 17.8. The maximum absolute atomic E-state index is 12.7. The van der Waals surface area contributed by atoms with E-state index in [9.17, 15) is 13.2 Å². The second-order valence-corrected chi connectivity index (χ2v) is 10.7. The zero-order valence-electron chi connectivity index (χ0n) is 16.7. The Morgan fingerprint density at radius 1 is 1.14 bits per heavy atom. The Kier molecular flexibility index (Phi) is 7.61. The lowest BCUT2D eigenvalue weighted by atomic mass is 10.2. The number of benzene rings is 2. The van der Waals surface area contributed by atoms with E-state index < -0.39 is 9.84 Å². The molecule has 1 fully saturated rings. The Balaban J connectivity index is 1.52. The van der Waals surface area contributed by atoms with E-state index in [1.165, 1.54) is 17.4 Å². The van der Waals surface area contributed by atoms with E-state index in [0.29, 0.717) is 18.5 Å². The smallest absolute Gasteiger partial charge is 0.252 e. The molecule has 1 aliphatic rings. The van der Waals surface area contributed by atoms with Gasteiger partial charge in [-0.3, -0.25) is 4.79 Å². The van der Waals surface area contributed by atoms with E-state index in [4.69, 9.17) is 0 Å². The number of amides is 1. The van der Waals surface area contributed by atoms with Crippen LogP contribution in [0.15, 0.2) is 59.5 Å². The molecule has 1 unspecified atom stereocenters. The van der Waals surface area contributed by atoms with E-state index in [0.717, 1.165) is 24.4 Å². The molecule has 5 nitrogen and oxygen atoms in total. The maximum atomic E-state index is 12.7. The number of rotatable bonds is 9. The summed E-state index contributed by atoms with van der Waals surface area (Å²) in [7, 11) is -2.93. The summed E-state index contributed by atoms with van der Waals surface area (Å²) in [5, 5.41) is 3.04. The lowest BCUT2D eigenvalue weighted by Crippen LogP contribution is -2.30. The lowest BCUT2D eigenvalue weighted by molar-refractivity contribution is 0.0950. The quantitative estimate of drug-likeness (QED) is 0.613. The number of para-hydroxylation sites is 1. The number of hydrogen-bond acceptors (Lipinski definition) is 5. The second kappa shape index (κ2) is 10.2. The predicted octanol–water partition coefficient (Wildman–Crippen LogP) is 3.61. The first-order valence-electron chi connectivity index (χ1n) is 10.0. The van der Waals surface area contributed by atoms with Gasteiger partial charge in [-0.15, -0.1) is 11.8 Å². The predicted molar refractivity (Wildman–Crippen MR) is 121 cm³/mol. The lowest BCUT2D eigenvalue weighted by Gasteiger charge is -2.23. The van der Waals surface area contributed by atoms with Crippen LogP contribution in [0.1, 0.15) is 30.1 Å². The molecule has 0 aliphatic carbocycles.